The molecule has 3 rings (SSSR count). The van der Waals surface area contributed by atoms with Crippen LogP contribution in [0.1, 0.15) is 37.7 Å². The SMILES string of the molecule is CN(Cc1ccccc1F)C(=O)CN(C1CCCCC1)S(=O)(=O)c1ccc(F)cc1. The van der Waals surface area contributed by atoms with E-state index in [9.17, 15) is 22.0 Å². The molecule has 0 atom stereocenters. The van der Waals surface area contributed by atoms with Gasteiger partial charge in [-0.15, -0.1) is 0 Å². The molecule has 8 heteroatoms. The summed E-state index contributed by atoms with van der Waals surface area (Å²) in [7, 11) is -2.46. The molecule has 1 fully saturated rings. The fraction of sp³-hybridized carbons (Fsp3) is 0.409. The van der Waals surface area contributed by atoms with E-state index >= 15 is 0 Å². The second-order valence-electron chi connectivity index (χ2n) is 7.64. The summed E-state index contributed by atoms with van der Waals surface area (Å²) in [6.07, 6.45) is 4.15. The minimum atomic E-state index is -3.98. The summed E-state index contributed by atoms with van der Waals surface area (Å²) < 4.78 is 55.0. The number of amides is 1. The molecule has 0 N–H and O–H groups in total. The molecule has 0 unspecified atom stereocenters. The van der Waals surface area contributed by atoms with Crippen molar-refractivity contribution < 1.29 is 22.0 Å². The van der Waals surface area contributed by atoms with E-state index in [1.165, 1.54) is 34.5 Å². The third kappa shape index (κ3) is 5.23. The lowest BCUT2D eigenvalue weighted by atomic mass is 9.95. The number of carbonyl (C=O) groups excluding carboxylic acids is 1. The van der Waals surface area contributed by atoms with Crippen molar-refractivity contribution in [3.8, 4) is 0 Å². The van der Waals surface area contributed by atoms with Gasteiger partial charge >= 0.3 is 0 Å². The molecule has 1 saturated carbocycles. The highest BCUT2D eigenvalue weighted by atomic mass is 32.2. The lowest BCUT2D eigenvalue weighted by Gasteiger charge is -2.34. The fourth-order valence-corrected chi connectivity index (χ4v) is 5.38. The molecule has 0 spiro atoms. The normalized spacial score (nSPS) is 15.3. The van der Waals surface area contributed by atoms with Gasteiger partial charge in [0.05, 0.1) is 11.4 Å². The van der Waals surface area contributed by atoms with Crippen LogP contribution < -0.4 is 0 Å². The van der Waals surface area contributed by atoms with Gasteiger partial charge in [0.2, 0.25) is 15.9 Å². The Bertz CT molecular complexity index is 974. The molecule has 1 amide bonds. The van der Waals surface area contributed by atoms with Crippen molar-refractivity contribution in [3.05, 3.63) is 65.7 Å². The third-order valence-electron chi connectivity index (χ3n) is 5.48. The van der Waals surface area contributed by atoms with Gasteiger partial charge in [0.25, 0.3) is 0 Å². The van der Waals surface area contributed by atoms with Crippen LogP contribution in [0.15, 0.2) is 53.4 Å². The van der Waals surface area contributed by atoms with Crippen molar-refractivity contribution in [2.24, 2.45) is 0 Å². The van der Waals surface area contributed by atoms with E-state index in [0.717, 1.165) is 31.4 Å². The van der Waals surface area contributed by atoms with Crippen molar-refractivity contribution >= 4 is 15.9 Å². The molecule has 0 bridgehead atoms. The van der Waals surface area contributed by atoms with Crippen LogP contribution in [0.3, 0.4) is 0 Å². The maximum atomic E-state index is 13.9. The van der Waals surface area contributed by atoms with Crippen LogP contribution in [0.25, 0.3) is 0 Å². The monoisotopic (exact) mass is 436 g/mol. The Kier molecular flexibility index (Phi) is 7.20. The number of benzene rings is 2. The summed E-state index contributed by atoms with van der Waals surface area (Å²) >= 11 is 0. The average Bonchev–Trinajstić information content (AvgIpc) is 2.74. The zero-order chi connectivity index (χ0) is 21.7. The molecule has 0 aromatic heterocycles. The van der Waals surface area contributed by atoms with Gasteiger partial charge in [-0.2, -0.15) is 4.31 Å². The molecule has 2 aromatic carbocycles. The molecular formula is C22H26F2N2O3S. The topological polar surface area (TPSA) is 57.7 Å². The predicted molar refractivity (Wildman–Crippen MR) is 110 cm³/mol. The quantitative estimate of drug-likeness (QED) is 0.661. The van der Waals surface area contributed by atoms with Gasteiger partial charge in [0.1, 0.15) is 11.6 Å². The Morgan fingerprint density at radius 3 is 2.27 bits per heavy atom. The number of hydrogen-bond acceptors (Lipinski definition) is 3. The molecule has 2 aromatic rings. The van der Waals surface area contributed by atoms with E-state index in [0.29, 0.717) is 18.4 Å². The lowest BCUT2D eigenvalue weighted by Crippen LogP contribution is -2.47. The van der Waals surface area contributed by atoms with E-state index in [2.05, 4.69) is 0 Å². The first kappa shape index (κ1) is 22.4. The average molecular weight is 437 g/mol. The summed E-state index contributed by atoms with van der Waals surface area (Å²) in [5.41, 5.74) is 0.360. The van der Waals surface area contributed by atoms with Crippen molar-refractivity contribution in [3.63, 3.8) is 0 Å². The van der Waals surface area contributed by atoms with Crippen LogP contribution in [0.4, 0.5) is 8.78 Å². The second kappa shape index (κ2) is 9.66. The number of halogens is 2. The van der Waals surface area contributed by atoms with Crippen molar-refractivity contribution in [2.75, 3.05) is 13.6 Å². The van der Waals surface area contributed by atoms with Crippen LogP contribution in [0.2, 0.25) is 0 Å². The first-order valence-corrected chi connectivity index (χ1v) is 11.5. The van der Waals surface area contributed by atoms with Gasteiger partial charge in [-0.25, -0.2) is 17.2 Å². The van der Waals surface area contributed by atoms with E-state index in [4.69, 9.17) is 0 Å². The van der Waals surface area contributed by atoms with Gasteiger partial charge in [0, 0.05) is 25.2 Å². The van der Waals surface area contributed by atoms with Crippen LogP contribution in [-0.2, 0) is 21.4 Å². The summed E-state index contributed by atoms with van der Waals surface area (Å²) in [5.74, 6) is -1.37. The van der Waals surface area contributed by atoms with E-state index in [-0.39, 0.29) is 24.0 Å². The second-order valence-corrected chi connectivity index (χ2v) is 9.53. The summed E-state index contributed by atoms with van der Waals surface area (Å²) in [6, 6.07) is 10.5. The van der Waals surface area contributed by atoms with Gasteiger partial charge in [-0.05, 0) is 43.2 Å². The fourth-order valence-electron chi connectivity index (χ4n) is 3.75. The predicted octanol–water partition coefficient (Wildman–Crippen LogP) is 3.95. The Morgan fingerprint density at radius 1 is 1.00 bits per heavy atom. The largest absolute Gasteiger partial charge is 0.340 e. The molecular weight excluding hydrogens is 410 g/mol. The molecule has 5 nitrogen and oxygen atoms in total. The molecule has 30 heavy (non-hydrogen) atoms. The zero-order valence-corrected chi connectivity index (χ0v) is 17.7. The molecule has 0 heterocycles. The van der Waals surface area contributed by atoms with Gasteiger partial charge < -0.3 is 4.90 Å². The molecule has 0 aliphatic heterocycles. The molecule has 0 saturated heterocycles. The van der Waals surface area contributed by atoms with Gasteiger partial charge in [0.15, 0.2) is 0 Å². The summed E-state index contributed by atoms with van der Waals surface area (Å²) in [4.78, 5) is 14.2. The number of carbonyl (C=O) groups is 1. The van der Waals surface area contributed by atoms with Crippen LogP contribution in [0.5, 0.6) is 0 Å². The highest BCUT2D eigenvalue weighted by molar-refractivity contribution is 7.89. The minimum absolute atomic E-state index is 0.0423. The highest BCUT2D eigenvalue weighted by Gasteiger charge is 2.34. The Balaban J connectivity index is 1.82. The van der Waals surface area contributed by atoms with Gasteiger partial charge in [-0.1, -0.05) is 37.5 Å². The number of nitrogens with zero attached hydrogens (tertiary/aromatic N) is 2. The molecule has 1 aliphatic rings. The summed E-state index contributed by atoms with van der Waals surface area (Å²) in [5, 5.41) is 0. The standard InChI is InChI=1S/C22H26F2N2O3S/c1-25(15-17-7-5-6-10-21(17)24)22(27)16-26(19-8-3-2-4-9-19)30(28,29)20-13-11-18(23)12-14-20/h5-7,10-14,19H,2-4,8-9,15-16H2,1H3. The maximum absolute atomic E-state index is 13.9. The zero-order valence-electron chi connectivity index (χ0n) is 16.9. The molecule has 162 valence electrons. The Morgan fingerprint density at radius 2 is 1.63 bits per heavy atom. The lowest BCUT2D eigenvalue weighted by molar-refractivity contribution is -0.131. The smallest absolute Gasteiger partial charge is 0.243 e. The Labute approximate surface area is 176 Å². The van der Waals surface area contributed by atoms with Crippen LogP contribution in [0, 0.1) is 11.6 Å². The van der Waals surface area contributed by atoms with E-state index in [1.807, 2.05) is 0 Å². The number of rotatable bonds is 7. The van der Waals surface area contributed by atoms with Crippen molar-refractivity contribution in [1.82, 2.24) is 9.21 Å². The van der Waals surface area contributed by atoms with Gasteiger partial charge in [-0.3, -0.25) is 4.79 Å². The van der Waals surface area contributed by atoms with E-state index in [1.54, 1.807) is 18.2 Å². The van der Waals surface area contributed by atoms with E-state index < -0.39 is 27.6 Å². The maximum Gasteiger partial charge on any atom is 0.243 e. The third-order valence-corrected chi connectivity index (χ3v) is 7.40. The minimum Gasteiger partial charge on any atom is -0.340 e. The van der Waals surface area contributed by atoms with Crippen molar-refractivity contribution in [2.45, 2.75) is 49.6 Å². The number of hydrogen-bond donors (Lipinski definition) is 0. The summed E-state index contributed by atoms with van der Waals surface area (Å²) in [6.45, 7) is -0.296. The first-order chi connectivity index (χ1) is 14.3. The van der Waals surface area contributed by atoms with Crippen LogP contribution in [-0.4, -0.2) is 43.2 Å². The number of likely N-dealkylation sites (N-methyl/N-ethyl adjacent to an activating group) is 1. The first-order valence-electron chi connectivity index (χ1n) is 10.0. The molecule has 0 radical (unpaired) electrons. The number of sulfonamides is 1. The Hall–Kier alpha value is -2.32. The van der Waals surface area contributed by atoms with Crippen molar-refractivity contribution in [1.29, 1.82) is 0 Å². The van der Waals surface area contributed by atoms with Crippen LogP contribution >= 0.6 is 0 Å². The molecule has 1 aliphatic carbocycles. The highest BCUT2D eigenvalue weighted by Crippen LogP contribution is 2.28.